The molecule has 2 fully saturated rings. The molecular weight excluding hydrogens is 318 g/mol. The number of likely N-dealkylation sites (N-methyl/N-ethyl adjacent to an activating group) is 1. The summed E-state index contributed by atoms with van der Waals surface area (Å²) < 4.78 is 28.2. The topological polar surface area (TPSA) is 80.8 Å². The van der Waals surface area contributed by atoms with Gasteiger partial charge in [-0.1, -0.05) is 12.0 Å². The van der Waals surface area contributed by atoms with Crippen LogP contribution in [0.3, 0.4) is 0 Å². The molecule has 1 heterocycles. The Morgan fingerprint density at radius 3 is 2.48 bits per heavy atom. The van der Waals surface area contributed by atoms with Gasteiger partial charge in [-0.25, -0.2) is 13.2 Å². The molecule has 23 heavy (non-hydrogen) atoms. The number of rotatable bonds is 4. The average Bonchev–Trinajstić information content (AvgIpc) is 2.86. The zero-order valence-corrected chi connectivity index (χ0v) is 14.6. The van der Waals surface area contributed by atoms with Gasteiger partial charge in [0.1, 0.15) is 0 Å². The highest BCUT2D eigenvalue weighted by Crippen LogP contribution is 2.23. The van der Waals surface area contributed by atoms with E-state index in [-0.39, 0.29) is 23.5 Å². The van der Waals surface area contributed by atoms with Crippen LogP contribution in [0.1, 0.15) is 45.4 Å². The fraction of sp³-hybridized carbons (Fsp3) is 0.750. The summed E-state index contributed by atoms with van der Waals surface area (Å²) >= 11 is 0. The van der Waals surface area contributed by atoms with Gasteiger partial charge in [0, 0.05) is 19.2 Å². The number of hydrogen-bond donors (Lipinski definition) is 0. The van der Waals surface area contributed by atoms with Crippen molar-refractivity contribution in [2.75, 3.05) is 18.6 Å². The van der Waals surface area contributed by atoms with E-state index < -0.39 is 21.9 Å². The molecule has 0 N–H and O–H groups in total. The van der Waals surface area contributed by atoms with Gasteiger partial charge in [-0.3, -0.25) is 4.79 Å². The predicted molar refractivity (Wildman–Crippen MR) is 86.6 cm³/mol. The number of hydrogen-bond acceptors (Lipinski definition) is 5. The van der Waals surface area contributed by atoms with Crippen LogP contribution >= 0.6 is 0 Å². The van der Waals surface area contributed by atoms with Crippen molar-refractivity contribution < 1.29 is 22.7 Å². The molecule has 0 radical (unpaired) electrons. The van der Waals surface area contributed by atoms with E-state index >= 15 is 0 Å². The quantitative estimate of drug-likeness (QED) is 0.570. The number of nitrogens with zero attached hydrogens (tertiary/aromatic N) is 1. The van der Waals surface area contributed by atoms with E-state index in [9.17, 15) is 18.0 Å². The second-order valence-corrected chi connectivity index (χ2v) is 8.68. The van der Waals surface area contributed by atoms with Crippen molar-refractivity contribution in [3.05, 3.63) is 11.6 Å². The van der Waals surface area contributed by atoms with E-state index in [1.165, 1.54) is 24.3 Å². The van der Waals surface area contributed by atoms with Crippen molar-refractivity contribution in [3.8, 4) is 0 Å². The summed E-state index contributed by atoms with van der Waals surface area (Å²) in [5.74, 6) is -0.757. The zero-order chi connectivity index (χ0) is 17.0. The van der Waals surface area contributed by atoms with Crippen LogP contribution in [0, 0.1) is 0 Å². The Morgan fingerprint density at radius 1 is 1.26 bits per heavy atom. The fourth-order valence-corrected chi connectivity index (χ4v) is 4.90. The summed E-state index contributed by atoms with van der Waals surface area (Å²) in [6.45, 7) is 1.53. The van der Waals surface area contributed by atoms with Gasteiger partial charge in [-0.15, -0.1) is 0 Å². The second kappa shape index (κ2) is 7.47. The molecule has 0 unspecified atom stereocenters. The maximum atomic E-state index is 12.3. The number of allylic oxidation sites excluding steroid dienone is 1. The molecule has 0 bridgehead atoms. The first-order valence-electron chi connectivity index (χ1n) is 8.15. The molecule has 0 spiro atoms. The Balaban J connectivity index is 1.88. The van der Waals surface area contributed by atoms with Crippen LogP contribution in [-0.2, 0) is 24.2 Å². The van der Waals surface area contributed by atoms with E-state index in [1.807, 2.05) is 0 Å². The van der Waals surface area contributed by atoms with Gasteiger partial charge >= 0.3 is 5.97 Å². The van der Waals surface area contributed by atoms with Crippen LogP contribution in [0.2, 0.25) is 0 Å². The molecule has 130 valence electrons. The normalized spacial score (nSPS) is 24.8. The van der Waals surface area contributed by atoms with Gasteiger partial charge in [0.15, 0.2) is 15.9 Å². The van der Waals surface area contributed by atoms with E-state index in [1.54, 1.807) is 7.05 Å². The highest BCUT2D eigenvalue weighted by atomic mass is 32.2. The van der Waals surface area contributed by atoms with Gasteiger partial charge in [0.25, 0.3) is 5.91 Å². The van der Waals surface area contributed by atoms with Gasteiger partial charge in [-0.05, 0) is 39.0 Å². The van der Waals surface area contributed by atoms with Gasteiger partial charge in [0.05, 0.1) is 11.5 Å². The molecule has 2 aliphatic rings. The van der Waals surface area contributed by atoms with Crippen LogP contribution in [0.5, 0.6) is 0 Å². The van der Waals surface area contributed by atoms with Crippen molar-refractivity contribution in [1.82, 2.24) is 4.90 Å². The summed E-state index contributed by atoms with van der Waals surface area (Å²) in [4.78, 5) is 25.6. The first kappa shape index (κ1) is 18.0. The number of carbonyl (C=O) groups is 2. The molecule has 1 amide bonds. The lowest BCUT2D eigenvalue weighted by Gasteiger charge is -2.26. The summed E-state index contributed by atoms with van der Waals surface area (Å²) in [6, 6.07) is -0.328. The third-order valence-corrected chi connectivity index (χ3v) is 6.31. The van der Waals surface area contributed by atoms with E-state index in [0.717, 1.165) is 31.3 Å². The first-order valence-corrected chi connectivity index (χ1v) is 9.98. The molecule has 6 nitrogen and oxygen atoms in total. The molecule has 0 aromatic rings. The highest BCUT2D eigenvalue weighted by molar-refractivity contribution is 7.91. The first-order chi connectivity index (χ1) is 10.8. The number of carbonyl (C=O) groups excluding carboxylic acids is 2. The van der Waals surface area contributed by atoms with Crippen molar-refractivity contribution in [3.63, 3.8) is 0 Å². The van der Waals surface area contributed by atoms with Crippen LogP contribution < -0.4 is 0 Å². The van der Waals surface area contributed by atoms with E-state index in [0.29, 0.717) is 6.42 Å². The third kappa shape index (κ3) is 5.06. The molecular formula is C16H25NO5S. The Labute approximate surface area is 137 Å². The standard InChI is InChI=1S/C16H25NO5S/c1-12(22-15(18)10-13-6-4-3-5-7-13)16(19)17(2)14-8-9-23(20,21)11-14/h10,12,14H,3-9,11H2,1-2H3/t12-,14-/m0/s1. The molecule has 2 atom stereocenters. The average molecular weight is 343 g/mol. The molecule has 1 aliphatic carbocycles. The Bertz CT molecular complexity index is 588. The molecule has 0 aromatic heterocycles. The van der Waals surface area contributed by atoms with Crippen molar-refractivity contribution in [2.24, 2.45) is 0 Å². The van der Waals surface area contributed by atoms with Crippen molar-refractivity contribution >= 4 is 21.7 Å². The SMILES string of the molecule is C[C@H](OC(=O)C=C1CCCCC1)C(=O)N(C)[C@H]1CCS(=O)(=O)C1. The zero-order valence-electron chi connectivity index (χ0n) is 13.8. The molecule has 1 aliphatic heterocycles. The number of ether oxygens (including phenoxy) is 1. The smallest absolute Gasteiger partial charge is 0.331 e. The molecule has 2 rings (SSSR count). The van der Waals surface area contributed by atoms with Gasteiger partial charge in [0.2, 0.25) is 0 Å². The van der Waals surface area contributed by atoms with Crippen molar-refractivity contribution in [1.29, 1.82) is 0 Å². The van der Waals surface area contributed by atoms with Crippen LogP contribution in [-0.4, -0.2) is 55.9 Å². The number of amides is 1. The lowest BCUT2D eigenvalue weighted by Crippen LogP contribution is -2.44. The molecule has 1 saturated heterocycles. The second-order valence-electron chi connectivity index (χ2n) is 6.45. The van der Waals surface area contributed by atoms with Crippen molar-refractivity contribution in [2.45, 2.75) is 57.6 Å². The number of sulfone groups is 1. The minimum Gasteiger partial charge on any atom is -0.449 e. The monoisotopic (exact) mass is 343 g/mol. The lowest BCUT2D eigenvalue weighted by atomic mass is 9.95. The number of esters is 1. The minimum atomic E-state index is -3.05. The van der Waals surface area contributed by atoms with Gasteiger partial charge in [-0.2, -0.15) is 0 Å². The summed E-state index contributed by atoms with van der Waals surface area (Å²) in [6.07, 6.45) is 6.23. The Kier molecular flexibility index (Phi) is 5.84. The van der Waals surface area contributed by atoms with E-state index in [2.05, 4.69) is 0 Å². The fourth-order valence-electron chi connectivity index (χ4n) is 3.12. The van der Waals surface area contributed by atoms with Crippen LogP contribution in [0.15, 0.2) is 11.6 Å². The Hall–Kier alpha value is -1.37. The summed E-state index contributed by atoms with van der Waals surface area (Å²) in [5, 5.41) is 0. The lowest BCUT2D eigenvalue weighted by molar-refractivity contribution is -0.155. The molecule has 0 aromatic carbocycles. The van der Waals surface area contributed by atoms with E-state index in [4.69, 9.17) is 4.74 Å². The minimum absolute atomic E-state index is 0.0139. The Morgan fingerprint density at radius 2 is 1.91 bits per heavy atom. The maximum Gasteiger partial charge on any atom is 0.331 e. The summed E-state index contributed by atoms with van der Waals surface area (Å²) in [7, 11) is -1.49. The van der Waals surface area contributed by atoms with Gasteiger partial charge < -0.3 is 9.64 Å². The molecule has 1 saturated carbocycles. The molecule has 7 heteroatoms. The predicted octanol–water partition coefficient (Wildman–Crippen LogP) is 1.45. The van der Waals surface area contributed by atoms with Crippen LogP contribution in [0.25, 0.3) is 0 Å². The largest absolute Gasteiger partial charge is 0.449 e. The highest BCUT2D eigenvalue weighted by Gasteiger charge is 2.34. The van der Waals surface area contributed by atoms with Crippen LogP contribution in [0.4, 0.5) is 0 Å². The summed E-state index contributed by atoms with van der Waals surface area (Å²) in [5.41, 5.74) is 1.08. The maximum absolute atomic E-state index is 12.3. The third-order valence-electron chi connectivity index (χ3n) is 4.56.